The number of aromatic nitrogens is 3. The van der Waals surface area contributed by atoms with Crippen molar-refractivity contribution in [1.29, 1.82) is 0 Å². The molecule has 3 aromatic rings. The molecule has 0 bridgehead atoms. The molecule has 28 heavy (non-hydrogen) atoms. The Balaban J connectivity index is 1.58. The Hall–Kier alpha value is -3.42. The van der Waals surface area contributed by atoms with E-state index in [0.29, 0.717) is 22.7 Å². The second-order valence-corrected chi connectivity index (χ2v) is 6.84. The SMILES string of the molecule is Cc1ccc(NC(=O)CCC(=O)Nc2ccc3c(n2)n(C)c(=O)n3C)cc1C. The molecule has 146 valence electrons. The Morgan fingerprint density at radius 3 is 2.29 bits per heavy atom. The third-order valence-corrected chi connectivity index (χ3v) is 4.74. The van der Waals surface area contributed by atoms with E-state index in [2.05, 4.69) is 15.6 Å². The highest BCUT2D eigenvalue weighted by atomic mass is 16.2. The second kappa shape index (κ2) is 7.67. The summed E-state index contributed by atoms with van der Waals surface area (Å²) >= 11 is 0. The van der Waals surface area contributed by atoms with Gasteiger partial charge in [0.1, 0.15) is 5.82 Å². The first kappa shape index (κ1) is 19.3. The van der Waals surface area contributed by atoms with Crippen molar-refractivity contribution in [2.24, 2.45) is 14.1 Å². The van der Waals surface area contributed by atoms with Crippen LogP contribution in [0.15, 0.2) is 35.1 Å². The summed E-state index contributed by atoms with van der Waals surface area (Å²) in [4.78, 5) is 40.5. The fraction of sp³-hybridized carbons (Fsp3) is 0.300. The summed E-state index contributed by atoms with van der Waals surface area (Å²) in [6.45, 7) is 3.98. The van der Waals surface area contributed by atoms with Crippen molar-refractivity contribution in [2.75, 3.05) is 10.6 Å². The van der Waals surface area contributed by atoms with E-state index in [9.17, 15) is 14.4 Å². The summed E-state index contributed by atoms with van der Waals surface area (Å²) in [5.74, 6) is -0.205. The van der Waals surface area contributed by atoms with Crippen LogP contribution in [0.2, 0.25) is 0 Å². The molecule has 2 heterocycles. The van der Waals surface area contributed by atoms with Crippen molar-refractivity contribution in [2.45, 2.75) is 26.7 Å². The third kappa shape index (κ3) is 3.95. The van der Waals surface area contributed by atoms with E-state index in [4.69, 9.17) is 0 Å². The highest BCUT2D eigenvalue weighted by Crippen LogP contribution is 2.15. The number of rotatable bonds is 5. The number of hydrogen-bond donors (Lipinski definition) is 2. The van der Waals surface area contributed by atoms with Crippen molar-refractivity contribution < 1.29 is 9.59 Å². The monoisotopic (exact) mass is 381 g/mol. The minimum Gasteiger partial charge on any atom is -0.326 e. The van der Waals surface area contributed by atoms with Crippen LogP contribution in [-0.2, 0) is 23.7 Å². The van der Waals surface area contributed by atoms with E-state index in [0.717, 1.165) is 11.1 Å². The maximum absolute atomic E-state index is 12.2. The van der Waals surface area contributed by atoms with Crippen molar-refractivity contribution >= 4 is 34.5 Å². The Kier molecular flexibility index (Phi) is 5.30. The molecule has 0 fully saturated rings. The smallest absolute Gasteiger partial charge is 0.326 e. The number of nitrogens with one attached hydrogen (secondary N) is 2. The zero-order valence-corrected chi connectivity index (χ0v) is 16.4. The Labute approximate surface area is 162 Å². The van der Waals surface area contributed by atoms with E-state index in [1.807, 2.05) is 32.0 Å². The zero-order valence-electron chi connectivity index (χ0n) is 16.4. The molecule has 0 aliphatic rings. The van der Waals surface area contributed by atoms with Gasteiger partial charge in [0.25, 0.3) is 0 Å². The Morgan fingerprint density at radius 2 is 1.61 bits per heavy atom. The molecular formula is C20H23N5O3. The van der Waals surface area contributed by atoms with Gasteiger partial charge in [-0.15, -0.1) is 0 Å². The summed E-state index contributed by atoms with van der Waals surface area (Å²) in [5, 5.41) is 5.47. The second-order valence-electron chi connectivity index (χ2n) is 6.84. The number of fused-ring (bicyclic) bond motifs is 1. The fourth-order valence-electron chi connectivity index (χ4n) is 2.91. The molecule has 2 N–H and O–H groups in total. The van der Waals surface area contributed by atoms with Gasteiger partial charge in [0.05, 0.1) is 5.52 Å². The number of hydrogen-bond acceptors (Lipinski definition) is 4. The first-order chi connectivity index (χ1) is 13.3. The molecule has 0 aliphatic heterocycles. The van der Waals surface area contributed by atoms with Gasteiger partial charge in [-0.1, -0.05) is 6.07 Å². The maximum atomic E-state index is 12.2. The lowest BCUT2D eigenvalue weighted by Gasteiger charge is -2.08. The van der Waals surface area contributed by atoms with Crippen LogP contribution in [0.4, 0.5) is 11.5 Å². The number of anilines is 2. The molecular weight excluding hydrogens is 358 g/mol. The number of carbonyl (C=O) groups excluding carboxylic acids is 2. The Morgan fingerprint density at radius 1 is 0.929 bits per heavy atom. The van der Waals surface area contributed by atoms with Crippen molar-refractivity contribution in [1.82, 2.24) is 14.1 Å². The molecule has 8 nitrogen and oxygen atoms in total. The Bertz CT molecular complexity index is 1130. The average molecular weight is 381 g/mol. The topological polar surface area (TPSA) is 98.0 Å². The lowest BCUT2D eigenvalue weighted by Crippen LogP contribution is -2.19. The van der Waals surface area contributed by atoms with Gasteiger partial charge in [-0.2, -0.15) is 0 Å². The van der Waals surface area contributed by atoms with Crippen molar-refractivity contribution in [3.8, 4) is 0 Å². The van der Waals surface area contributed by atoms with E-state index in [1.165, 1.54) is 9.13 Å². The number of nitrogens with zero attached hydrogens (tertiary/aromatic N) is 3. The molecule has 0 aliphatic carbocycles. The molecule has 0 saturated carbocycles. The lowest BCUT2D eigenvalue weighted by molar-refractivity contribution is -0.121. The molecule has 0 radical (unpaired) electrons. The van der Waals surface area contributed by atoms with Gasteiger partial charge in [-0.3, -0.25) is 18.7 Å². The van der Waals surface area contributed by atoms with Crippen LogP contribution in [0.1, 0.15) is 24.0 Å². The van der Waals surface area contributed by atoms with Gasteiger partial charge in [-0.05, 0) is 49.2 Å². The highest BCUT2D eigenvalue weighted by Gasteiger charge is 2.12. The minimum atomic E-state index is -0.317. The van der Waals surface area contributed by atoms with Crippen molar-refractivity contribution in [3.63, 3.8) is 0 Å². The van der Waals surface area contributed by atoms with Gasteiger partial charge < -0.3 is 10.6 Å². The summed E-state index contributed by atoms with van der Waals surface area (Å²) in [6.07, 6.45) is 0.0922. The van der Waals surface area contributed by atoms with Crippen LogP contribution in [0.5, 0.6) is 0 Å². The number of imidazole rings is 1. The van der Waals surface area contributed by atoms with Gasteiger partial charge >= 0.3 is 5.69 Å². The molecule has 0 spiro atoms. The van der Waals surface area contributed by atoms with Crippen LogP contribution in [0.3, 0.4) is 0 Å². The standard InChI is InChI=1S/C20H23N5O3/c1-12-5-6-14(11-13(12)2)21-17(26)9-10-18(27)22-16-8-7-15-19(23-16)25(4)20(28)24(15)3/h5-8,11H,9-10H2,1-4H3,(H,21,26)(H,22,23,27). The predicted molar refractivity (Wildman–Crippen MR) is 108 cm³/mol. The molecule has 0 saturated heterocycles. The maximum Gasteiger partial charge on any atom is 0.329 e. The largest absolute Gasteiger partial charge is 0.329 e. The molecule has 2 amide bonds. The molecule has 2 aromatic heterocycles. The van der Waals surface area contributed by atoms with Gasteiger partial charge in [-0.25, -0.2) is 9.78 Å². The molecule has 0 atom stereocenters. The number of aryl methyl sites for hydroxylation is 4. The number of pyridine rings is 1. The highest BCUT2D eigenvalue weighted by molar-refractivity contribution is 5.96. The number of amides is 2. The number of carbonyl (C=O) groups is 2. The normalized spacial score (nSPS) is 10.9. The first-order valence-corrected chi connectivity index (χ1v) is 8.95. The average Bonchev–Trinajstić information content (AvgIpc) is 2.87. The van der Waals surface area contributed by atoms with E-state index < -0.39 is 0 Å². The van der Waals surface area contributed by atoms with Crippen LogP contribution >= 0.6 is 0 Å². The fourth-order valence-corrected chi connectivity index (χ4v) is 2.91. The van der Waals surface area contributed by atoms with Gasteiger partial charge in [0.2, 0.25) is 11.8 Å². The molecule has 3 rings (SSSR count). The van der Waals surface area contributed by atoms with Crippen LogP contribution in [-0.4, -0.2) is 25.9 Å². The quantitative estimate of drug-likeness (QED) is 0.708. The minimum absolute atomic E-state index is 0.0319. The zero-order chi connectivity index (χ0) is 20.4. The molecule has 1 aromatic carbocycles. The first-order valence-electron chi connectivity index (χ1n) is 8.95. The van der Waals surface area contributed by atoms with Crippen LogP contribution in [0.25, 0.3) is 11.2 Å². The van der Waals surface area contributed by atoms with E-state index in [-0.39, 0.29) is 30.3 Å². The number of benzene rings is 1. The summed E-state index contributed by atoms with van der Waals surface area (Å²) in [7, 11) is 3.29. The van der Waals surface area contributed by atoms with E-state index in [1.54, 1.807) is 26.2 Å². The predicted octanol–water partition coefficient (Wildman–Crippen LogP) is 2.25. The summed E-state index contributed by atoms with van der Waals surface area (Å²) in [5.41, 5.74) is 3.93. The van der Waals surface area contributed by atoms with E-state index >= 15 is 0 Å². The van der Waals surface area contributed by atoms with Gasteiger partial charge in [0, 0.05) is 32.6 Å². The van der Waals surface area contributed by atoms with Crippen molar-refractivity contribution in [3.05, 3.63) is 51.9 Å². The molecule has 8 heteroatoms. The summed E-state index contributed by atoms with van der Waals surface area (Å²) < 4.78 is 2.91. The van der Waals surface area contributed by atoms with Crippen LogP contribution < -0.4 is 16.3 Å². The lowest BCUT2D eigenvalue weighted by atomic mass is 10.1. The van der Waals surface area contributed by atoms with Crippen LogP contribution in [0, 0.1) is 13.8 Å². The summed E-state index contributed by atoms with van der Waals surface area (Å²) in [6, 6.07) is 9.04. The van der Waals surface area contributed by atoms with Gasteiger partial charge in [0.15, 0.2) is 5.65 Å². The molecule has 0 unspecified atom stereocenters. The third-order valence-electron chi connectivity index (χ3n) is 4.74.